The molecule has 3 heteroatoms. The average molecular weight is 207 g/mol. The summed E-state index contributed by atoms with van der Waals surface area (Å²) < 4.78 is 10.3. The van der Waals surface area contributed by atoms with Gasteiger partial charge in [-0.2, -0.15) is 0 Å². The number of hydrogen-bond donors (Lipinski definition) is 1. The topological polar surface area (TPSA) is 44.5 Å². The summed E-state index contributed by atoms with van der Waals surface area (Å²) >= 11 is 0. The number of ether oxygens (including phenoxy) is 2. The van der Waals surface area contributed by atoms with Crippen LogP contribution in [0.3, 0.4) is 0 Å². The molecule has 0 aliphatic rings. The van der Waals surface area contributed by atoms with Gasteiger partial charge in [-0.15, -0.1) is 6.58 Å². The van der Waals surface area contributed by atoms with Crippen molar-refractivity contribution in [1.29, 1.82) is 0 Å². The van der Waals surface area contributed by atoms with Crippen LogP contribution in [0.5, 0.6) is 5.75 Å². The molecule has 0 bridgehead atoms. The van der Waals surface area contributed by atoms with Crippen LogP contribution in [0.25, 0.3) is 0 Å². The van der Waals surface area contributed by atoms with Gasteiger partial charge in [0.1, 0.15) is 12.4 Å². The highest BCUT2D eigenvalue weighted by atomic mass is 16.5. The lowest BCUT2D eigenvalue weighted by Crippen LogP contribution is -2.07. The fourth-order valence-electron chi connectivity index (χ4n) is 1.17. The molecule has 1 aromatic carbocycles. The van der Waals surface area contributed by atoms with Gasteiger partial charge in [0.2, 0.25) is 0 Å². The predicted molar refractivity (Wildman–Crippen MR) is 60.9 cm³/mol. The number of methoxy groups -OCH3 is 1. The van der Waals surface area contributed by atoms with Crippen molar-refractivity contribution in [3.05, 3.63) is 42.5 Å². The quantitative estimate of drug-likeness (QED) is 0.572. The Kier molecular flexibility index (Phi) is 4.87. The van der Waals surface area contributed by atoms with E-state index in [1.54, 1.807) is 13.2 Å². The van der Waals surface area contributed by atoms with Gasteiger partial charge in [0.05, 0.1) is 6.61 Å². The first-order valence-electron chi connectivity index (χ1n) is 4.87. The van der Waals surface area contributed by atoms with E-state index in [-0.39, 0.29) is 6.04 Å². The highest BCUT2D eigenvalue weighted by molar-refractivity contribution is 5.30. The Morgan fingerprint density at radius 1 is 1.33 bits per heavy atom. The molecule has 0 spiro atoms. The molecule has 0 saturated carbocycles. The molecule has 0 aliphatic carbocycles. The van der Waals surface area contributed by atoms with Crippen LogP contribution < -0.4 is 10.5 Å². The molecule has 82 valence electrons. The Labute approximate surface area is 90.5 Å². The molecule has 2 N–H and O–H groups in total. The van der Waals surface area contributed by atoms with Crippen LogP contribution in [0, 0.1) is 0 Å². The molecule has 0 saturated heterocycles. The van der Waals surface area contributed by atoms with E-state index in [1.807, 2.05) is 24.3 Å². The molecule has 1 unspecified atom stereocenters. The summed E-state index contributed by atoms with van der Waals surface area (Å²) in [6, 6.07) is 7.56. The lowest BCUT2D eigenvalue weighted by Gasteiger charge is -2.08. The van der Waals surface area contributed by atoms with Crippen molar-refractivity contribution in [2.45, 2.75) is 6.04 Å². The Morgan fingerprint density at radius 3 is 2.53 bits per heavy atom. The van der Waals surface area contributed by atoms with Crippen LogP contribution >= 0.6 is 0 Å². The minimum Gasteiger partial charge on any atom is -0.491 e. The summed E-state index contributed by atoms with van der Waals surface area (Å²) in [6.45, 7) is 4.80. The van der Waals surface area contributed by atoms with Crippen molar-refractivity contribution in [3.63, 3.8) is 0 Å². The summed E-state index contributed by atoms with van der Waals surface area (Å²) in [5, 5.41) is 0. The van der Waals surface area contributed by atoms with Crippen molar-refractivity contribution in [2.24, 2.45) is 5.73 Å². The minimum absolute atomic E-state index is 0.113. The third-order valence-electron chi connectivity index (χ3n) is 2.08. The molecular weight excluding hydrogens is 190 g/mol. The van der Waals surface area contributed by atoms with Crippen LogP contribution in [0.15, 0.2) is 36.9 Å². The first-order valence-corrected chi connectivity index (χ1v) is 4.87. The molecule has 0 aromatic heterocycles. The third kappa shape index (κ3) is 3.73. The van der Waals surface area contributed by atoms with Crippen molar-refractivity contribution < 1.29 is 9.47 Å². The predicted octanol–water partition coefficient (Wildman–Crippen LogP) is 1.90. The van der Waals surface area contributed by atoms with Crippen LogP contribution in [0.2, 0.25) is 0 Å². The van der Waals surface area contributed by atoms with E-state index in [0.29, 0.717) is 13.2 Å². The summed E-state index contributed by atoms with van der Waals surface area (Å²) in [4.78, 5) is 0. The van der Waals surface area contributed by atoms with Crippen molar-refractivity contribution in [1.82, 2.24) is 0 Å². The van der Waals surface area contributed by atoms with Gasteiger partial charge in [-0.3, -0.25) is 0 Å². The maximum atomic E-state index is 5.79. The second-order valence-corrected chi connectivity index (χ2v) is 3.17. The van der Waals surface area contributed by atoms with Gasteiger partial charge < -0.3 is 15.2 Å². The number of nitrogens with two attached hydrogens (primary N) is 1. The van der Waals surface area contributed by atoms with Gasteiger partial charge in [-0.1, -0.05) is 18.2 Å². The first kappa shape index (κ1) is 11.8. The van der Waals surface area contributed by atoms with Crippen molar-refractivity contribution in [2.75, 3.05) is 20.3 Å². The highest BCUT2D eigenvalue weighted by Gasteiger charge is 2.00. The zero-order chi connectivity index (χ0) is 11.1. The number of hydrogen-bond acceptors (Lipinski definition) is 3. The van der Waals surface area contributed by atoms with Crippen LogP contribution in [0.1, 0.15) is 11.6 Å². The molecular formula is C12H17NO2. The highest BCUT2D eigenvalue weighted by Crippen LogP contribution is 2.16. The lowest BCUT2D eigenvalue weighted by molar-refractivity contribution is 0.146. The zero-order valence-electron chi connectivity index (χ0n) is 8.98. The SMILES string of the molecule is C=CC(N)c1ccc(OCCOC)cc1. The Morgan fingerprint density at radius 2 is 2.00 bits per heavy atom. The molecule has 15 heavy (non-hydrogen) atoms. The van der Waals surface area contributed by atoms with E-state index in [4.69, 9.17) is 15.2 Å². The van der Waals surface area contributed by atoms with E-state index in [0.717, 1.165) is 11.3 Å². The third-order valence-corrected chi connectivity index (χ3v) is 2.08. The fourth-order valence-corrected chi connectivity index (χ4v) is 1.17. The van der Waals surface area contributed by atoms with Gasteiger partial charge in [0.15, 0.2) is 0 Å². The van der Waals surface area contributed by atoms with E-state index in [1.165, 1.54) is 0 Å². The van der Waals surface area contributed by atoms with E-state index in [2.05, 4.69) is 6.58 Å². The van der Waals surface area contributed by atoms with E-state index in [9.17, 15) is 0 Å². The average Bonchev–Trinajstić information content (AvgIpc) is 2.29. The van der Waals surface area contributed by atoms with Gasteiger partial charge in [-0.05, 0) is 17.7 Å². The standard InChI is InChI=1S/C12H17NO2/c1-3-12(13)10-4-6-11(7-5-10)15-9-8-14-2/h3-7,12H,1,8-9,13H2,2H3. The lowest BCUT2D eigenvalue weighted by atomic mass is 10.1. The fraction of sp³-hybridized carbons (Fsp3) is 0.333. The second kappa shape index (κ2) is 6.22. The monoisotopic (exact) mass is 207 g/mol. The van der Waals surface area contributed by atoms with Crippen molar-refractivity contribution in [3.8, 4) is 5.75 Å². The minimum atomic E-state index is -0.113. The van der Waals surface area contributed by atoms with Gasteiger partial charge >= 0.3 is 0 Å². The molecule has 0 heterocycles. The van der Waals surface area contributed by atoms with Gasteiger partial charge in [0, 0.05) is 13.2 Å². The summed E-state index contributed by atoms with van der Waals surface area (Å²) in [6.07, 6.45) is 1.71. The molecule has 0 amide bonds. The molecule has 1 atom stereocenters. The molecule has 3 nitrogen and oxygen atoms in total. The summed E-state index contributed by atoms with van der Waals surface area (Å²) in [5.41, 5.74) is 6.82. The smallest absolute Gasteiger partial charge is 0.119 e. The second-order valence-electron chi connectivity index (χ2n) is 3.17. The van der Waals surface area contributed by atoms with Crippen molar-refractivity contribution >= 4 is 0 Å². The molecule has 1 rings (SSSR count). The number of rotatable bonds is 6. The molecule has 0 fully saturated rings. The van der Waals surface area contributed by atoms with Crippen LogP contribution in [-0.4, -0.2) is 20.3 Å². The van der Waals surface area contributed by atoms with Gasteiger partial charge in [0.25, 0.3) is 0 Å². The number of benzene rings is 1. The Hall–Kier alpha value is -1.32. The largest absolute Gasteiger partial charge is 0.491 e. The maximum Gasteiger partial charge on any atom is 0.119 e. The van der Waals surface area contributed by atoms with Gasteiger partial charge in [-0.25, -0.2) is 0 Å². The van der Waals surface area contributed by atoms with Crippen LogP contribution in [0.4, 0.5) is 0 Å². The van der Waals surface area contributed by atoms with Crippen LogP contribution in [-0.2, 0) is 4.74 Å². The Bertz CT molecular complexity index is 295. The summed E-state index contributed by atoms with van der Waals surface area (Å²) in [5.74, 6) is 0.826. The normalized spacial score (nSPS) is 12.1. The molecule has 0 aliphatic heterocycles. The maximum absolute atomic E-state index is 5.79. The van der Waals surface area contributed by atoms with E-state index >= 15 is 0 Å². The van der Waals surface area contributed by atoms with E-state index < -0.39 is 0 Å². The Balaban J connectivity index is 2.52. The molecule has 0 radical (unpaired) electrons. The summed E-state index contributed by atoms with van der Waals surface area (Å²) in [7, 11) is 1.65. The first-order chi connectivity index (χ1) is 7.27. The molecule has 1 aromatic rings. The zero-order valence-corrected chi connectivity index (χ0v) is 8.98.